The van der Waals surface area contributed by atoms with Gasteiger partial charge in [0, 0.05) is 44.4 Å². The van der Waals surface area contributed by atoms with Crippen LogP contribution in [0.3, 0.4) is 0 Å². The Kier molecular flexibility index (Phi) is 10.5. The minimum Gasteiger partial charge on any atom is -0.338 e. The first-order valence-electron chi connectivity index (χ1n) is 13.8. The summed E-state index contributed by atoms with van der Waals surface area (Å²) in [4.78, 5) is 18.6. The first-order chi connectivity index (χ1) is 17.7. The van der Waals surface area contributed by atoms with Gasteiger partial charge in [-0.05, 0) is 67.4 Å². The van der Waals surface area contributed by atoms with E-state index in [1.807, 2.05) is 17.0 Å². The van der Waals surface area contributed by atoms with E-state index in [1.54, 1.807) is 12.1 Å². The van der Waals surface area contributed by atoms with Gasteiger partial charge in [-0.1, -0.05) is 56.3 Å². The van der Waals surface area contributed by atoms with Gasteiger partial charge in [-0.15, -0.1) is 24.8 Å². The number of nitrogens with one attached hydrogen (secondary N) is 1. The third kappa shape index (κ3) is 6.65. The Balaban J connectivity index is 0.00000210. The molecule has 9 heteroatoms. The fourth-order valence-corrected chi connectivity index (χ4v) is 7.76. The molecule has 1 unspecified atom stereocenters. The molecule has 0 aliphatic carbocycles. The number of amides is 1. The van der Waals surface area contributed by atoms with Gasteiger partial charge in [-0.3, -0.25) is 9.69 Å². The van der Waals surface area contributed by atoms with Crippen molar-refractivity contribution in [1.29, 1.82) is 0 Å². The quantitative estimate of drug-likeness (QED) is 0.499. The molecule has 3 atom stereocenters. The van der Waals surface area contributed by atoms with Gasteiger partial charge in [0.15, 0.2) is 9.84 Å². The number of likely N-dealkylation sites (tertiary alicyclic amines) is 2. The molecule has 3 fully saturated rings. The van der Waals surface area contributed by atoms with E-state index in [4.69, 9.17) is 0 Å². The summed E-state index contributed by atoms with van der Waals surface area (Å²) in [7, 11) is -3.21. The highest BCUT2D eigenvalue weighted by molar-refractivity contribution is 7.90. The number of sulfone groups is 1. The van der Waals surface area contributed by atoms with E-state index in [0.717, 1.165) is 57.5 Å². The highest BCUT2D eigenvalue weighted by atomic mass is 35.5. The largest absolute Gasteiger partial charge is 0.338 e. The maximum absolute atomic E-state index is 13.6. The molecule has 39 heavy (non-hydrogen) atoms. The van der Waals surface area contributed by atoms with Crippen molar-refractivity contribution in [2.45, 2.75) is 56.5 Å². The molecule has 3 heterocycles. The second kappa shape index (κ2) is 12.9. The molecule has 2 aromatic carbocycles. The van der Waals surface area contributed by atoms with Crippen LogP contribution in [-0.2, 0) is 21.2 Å². The Morgan fingerprint density at radius 3 is 2.13 bits per heavy atom. The van der Waals surface area contributed by atoms with E-state index in [-0.39, 0.29) is 36.1 Å². The number of carbonyl (C=O) groups is 1. The average Bonchev–Trinajstić information content (AvgIpc) is 3.47. The summed E-state index contributed by atoms with van der Waals surface area (Å²) in [6.07, 6.45) is 3.99. The minimum atomic E-state index is -3.21. The molecule has 1 N–H and O–H groups in total. The molecule has 6 nitrogen and oxygen atoms in total. The maximum Gasteiger partial charge on any atom is 0.229 e. The van der Waals surface area contributed by atoms with E-state index >= 15 is 0 Å². The van der Waals surface area contributed by atoms with Crippen molar-refractivity contribution >= 4 is 40.6 Å². The highest BCUT2D eigenvalue weighted by Crippen LogP contribution is 2.44. The molecule has 216 valence electrons. The lowest BCUT2D eigenvalue weighted by Gasteiger charge is -2.46. The van der Waals surface area contributed by atoms with Crippen LogP contribution in [-0.4, -0.2) is 69.1 Å². The summed E-state index contributed by atoms with van der Waals surface area (Å²) < 4.78 is 23.5. The van der Waals surface area contributed by atoms with Gasteiger partial charge in [-0.25, -0.2) is 8.42 Å². The van der Waals surface area contributed by atoms with Crippen LogP contribution in [0.15, 0.2) is 59.5 Å². The number of halogens is 2. The molecular weight excluding hydrogens is 553 g/mol. The zero-order valence-corrected chi connectivity index (χ0v) is 25.7. The summed E-state index contributed by atoms with van der Waals surface area (Å²) >= 11 is 0. The van der Waals surface area contributed by atoms with Crippen LogP contribution in [0.2, 0.25) is 0 Å². The van der Waals surface area contributed by atoms with Gasteiger partial charge in [0.25, 0.3) is 0 Å². The number of nitrogens with zero attached hydrogens (tertiary/aromatic N) is 2. The van der Waals surface area contributed by atoms with Crippen molar-refractivity contribution in [3.8, 4) is 0 Å². The SMILES string of the molecule is CC(C)C([C@@H]1CNC[C@@H]1c1ccccc1)N1CCC2(CCN(Cc3ccc(S(C)(=O)=O)cc3)C2=O)CC1.Cl.Cl. The maximum atomic E-state index is 13.6. The molecule has 2 aromatic rings. The lowest BCUT2D eigenvalue weighted by Crippen LogP contribution is -2.53. The summed E-state index contributed by atoms with van der Waals surface area (Å²) in [5, 5.41) is 3.67. The molecule has 1 spiro atoms. The summed E-state index contributed by atoms with van der Waals surface area (Å²) in [5.74, 6) is 1.94. The van der Waals surface area contributed by atoms with Crippen molar-refractivity contribution in [3.63, 3.8) is 0 Å². The second-order valence-corrected chi connectivity index (χ2v) is 13.8. The van der Waals surface area contributed by atoms with E-state index in [2.05, 4.69) is 54.4 Å². The van der Waals surface area contributed by atoms with Crippen molar-refractivity contribution in [1.82, 2.24) is 15.1 Å². The van der Waals surface area contributed by atoms with Crippen LogP contribution in [0, 0.1) is 17.3 Å². The normalized spacial score (nSPS) is 24.0. The van der Waals surface area contributed by atoms with E-state index < -0.39 is 9.84 Å². The van der Waals surface area contributed by atoms with Crippen LogP contribution in [0.5, 0.6) is 0 Å². The Morgan fingerprint density at radius 2 is 1.54 bits per heavy atom. The standard InChI is InChI=1S/C30H41N3O3S.2ClH/c1-22(2)28(27-20-31-19-26(27)24-7-5-4-6-8-24)32-16-13-30(14-17-32)15-18-33(29(30)34)21-23-9-11-25(12-10-23)37(3,35)36;;/h4-12,22,26-28,31H,13-21H2,1-3H3;2*1H/t26-,27-,28?;;/m1../s1. The highest BCUT2D eigenvalue weighted by Gasteiger charge is 2.50. The molecule has 3 aliphatic rings. The fraction of sp³-hybridized carbons (Fsp3) is 0.567. The zero-order valence-electron chi connectivity index (χ0n) is 23.2. The molecular formula is C30H43Cl2N3O3S. The molecule has 5 rings (SSSR count). The third-order valence-electron chi connectivity index (χ3n) is 9.11. The van der Waals surface area contributed by atoms with Crippen molar-refractivity contribution in [2.75, 3.05) is 39.0 Å². The molecule has 3 saturated heterocycles. The molecule has 1 amide bonds. The number of rotatable bonds is 7. The first kappa shape index (κ1) is 31.9. The zero-order chi connectivity index (χ0) is 26.2. The monoisotopic (exact) mass is 595 g/mol. The topological polar surface area (TPSA) is 69.7 Å². The first-order valence-corrected chi connectivity index (χ1v) is 15.7. The number of hydrogen-bond acceptors (Lipinski definition) is 5. The van der Waals surface area contributed by atoms with E-state index in [0.29, 0.717) is 35.2 Å². The lowest BCUT2D eigenvalue weighted by atomic mass is 9.74. The number of carbonyl (C=O) groups excluding carboxylic acids is 1. The van der Waals surface area contributed by atoms with Gasteiger partial charge < -0.3 is 10.2 Å². The van der Waals surface area contributed by atoms with Crippen LogP contribution in [0.25, 0.3) is 0 Å². The average molecular weight is 597 g/mol. The van der Waals surface area contributed by atoms with Gasteiger partial charge in [0.1, 0.15) is 0 Å². The molecule has 3 aliphatic heterocycles. The lowest BCUT2D eigenvalue weighted by molar-refractivity contribution is -0.139. The van der Waals surface area contributed by atoms with Crippen LogP contribution >= 0.6 is 24.8 Å². The van der Waals surface area contributed by atoms with Gasteiger partial charge in [0.05, 0.1) is 10.3 Å². The molecule has 0 saturated carbocycles. The van der Waals surface area contributed by atoms with Gasteiger partial charge in [-0.2, -0.15) is 0 Å². The second-order valence-electron chi connectivity index (χ2n) is 11.8. The van der Waals surface area contributed by atoms with Crippen LogP contribution in [0.4, 0.5) is 0 Å². The number of hydrogen-bond donors (Lipinski definition) is 1. The van der Waals surface area contributed by atoms with Crippen molar-refractivity contribution in [3.05, 3.63) is 65.7 Å². The number of benzene rings is 2. The van der Waals surface area contributed by atoms with Gasteiger partial charge in [0.2, 0.25) is 5.91 Å². The predicted molar refractivity (Wildman–Crippen MR) is 161 cm³/mol. The van der Waals surface area contributed by atoms with E-state index in [9.17, 15) is 13.2 Å². The molecule has 0 radical (unpaired) electrons. The fourth-order valence-electron chi connectivity index (χ4n) is 7.13. The Hall–Kier alpha value is -1.64. The van der Waals surface area contributed by atoms with Crippen LogP contribution < -0.4 is 5.32 Å². The molecule has 0 bridgehead atoms. The summed E-state index contributed by atoms with van der Waals surface area (Å²) in [6, 6.07) is 18.4. The Morgan fingerprint density at radius 1 is 0.923 bits per heavy atom. The van der Waals surface area contributed by atoms with Crippen molar-refractivity contribution < 1.29 is 13.2 Å². The Bertz CT molecular complexity index is 1200. The summed E-state index contributed by atoms with van der Waals surface area (Å²) in [5.41, 5.74) is 2.18. The predicted octanol–water partition coefficient (Wildman–Crippen LogP) is 4.78. The molecule has 0 aromatic heterocycles. The van der Waals surface area contributed by atoms with Crippen LogP contribution in [0.1, 0.15) is 50.2 Å². The minimum absolute atomic E-state index is 0. The smallest absolute Gasteiger partial charge is 0.229 e. The van der Waals surface area contributed by atoms with Crippen molar-refractivity contribution in [2.24, 2.45) is 17.3 Å². The van der Waals surface area contributed by atoms with E-state index in [1.165, 1.54) is 11.8 Å². The Labute approximate surface area is 246 Å². The third-order valence-corrected chi connectivity index (χ3v) is 10.2. The summed E-state index contributed by atoms with van der Waals surface area (Å²) in [6.45, 7) is 10.1. The number of piperidine rings is 1. The van der Waals surface area contributed by atoms with Gasteiger partial charge >= 0.3 is 0 Å².